The molecule has 0 aliphatic carbocycles. The molecule has 4 nitrogen and oxygen atoms in total. The monoisotopic (exact) mass is 338 g/mol. The van der Waals surface area contributed by atoms with E-state index in [0.29, 0.717) is 11.1 Å². The molecule has 0 fully saturated rings. The van der Waals surface area contributed by atoms with Crippen LogP contribution in [0.25, 0.3) is 0 Å². The Bertz CT molecular complexity index is 407. The Morgan fingerprint density at radius 3 is 1.67 bits per heavy atom. The van der Waals surface area contributed by atoms with Crippen molar-refractivity contribution in [3.8, 4) is 0 Å². The van der Waals surface area contributed by atoms with Gasteiger partial charge in [-0.3, -0.25) is 0 Å². The molecule has 0 aliphatic heterocycles. The van der Waals surface area contributed by atoms with E-state index in [2.05, 4.69) is 20.1 Å². The fourth-order valence-electron chi connectivity index (χ4n) is 2.35. The van der Waals surface area contributed by atoms with E-state index in [9.17, 15) is 9.59 Å². The van der Waals surface area contributed by atoms with Crippen molar-refractivity contribution in [3.05, 3.63) is 24.3 Å². The Hall–Kier alpha value is -1.58. The van der Waals surface area contributed by atoms with Crippen LogP contribution in [0.15, 0.2) is 24.3 Å². The molecule has 0 atom stereocenters. The van der Waals surface area contributed by atoms with Crippen molar-refractivity contribution in [1.29, 1.82) is 0 Å². The van der Waals surface area contributed by atoms with Crippen LogP contribution < -0.4 is 0 Å². The molecule has 0 radical (unpaired) electrons. The second-order valence-electron chi connectivity index (χ2n) is 6.73. The first-order chi connectivity index (χ1) is 11.3. The molecule has 24 heavy (non-hydrogen) atoms. The van der Waals surface area contributed by atoms with Crippen LogP contribution in [0.4, 0.5) is 0 Å². The summed E-state index contributed by atoms with van der Waals surface area (Å²) in [7, 11) is 0. The number of esters is 2. The minimum atomic E-state index is -0.398. The molecular weight excluding hydrogens is 304 g/mol. The van der Waals surface area contributed by atoms with E-state index in [1.807, 2.05) is 6.92 Å². The van der Waals surface area contributed by atoms with Gasteiger partial charge in [0.2, 0.25) is 0 Å². The van der Waals surface area contributed by atoms with Crippen molar-refractivity contribution in [2.75, 3.05) is 13.2 Å². The molecule has 0 aromatic heterocycles. The van der Waals surface area contributed by atoms with E-state index < -0.39 is 11.9 Å². The van der Waals surface area contributed by atoms with Gasteiger partial charge in [0.15, 0.2) is 0 Å². The zero-order chi connectivity index (χ0) is 18.6. The summed E-state index contributed by atoms with van der Waals surface area (Å²) < 4.78 is 10.8. The number of carbonyl (C=O) groups is 2. The van der Waals surface area contributed by atoms with Gasteiger partial charge in [-0.1, -0.05) is 59.1 Å². The van der Waals surface area contributed by atoms with Gasteiger partial charge in [0.25, 0.3) is 0 Å². The second kappa shape index (κ2) is 11.9. The third-order valence-corrected chi connectivity index (χ3v) is 4.28. The molecule has 0 aromatic carbocycles. The van der Waals surface area contributed by atoms with Crippen LogP contribution in [0.2, 0.25) is 0 Å². The quantitative estimate of drug-likeness (QED) is 0.270. The molecule has 0 heterocycles. The highest BCUT2D eigenvalue weighted by atomic mass is 16.5. The van der Waals surface area contributed by atoms with Crippen molar-refractivity contribution in [2.24, 2.45) is 5.41 Å². The molecule has 0 bridgehead atoms. The van der Waals surface area contributed by atoms with E-state index in [1.54, 1.807) is 13.8 Å². The standard InChI is InChI=1S/C20H34O4/c1-7-9-10-11-12-13-20(8-2,14-23-18(21)16(3)4)15-24-19(22)17(5)6/h3,5,7-15H2,1-2,4,6H3. The van der Waals surface area contributed by atoms with E-state index in [4.69, 9.17) is 9.47 Å². The van der Waals surface area contributed by atoms with Crippen LogP contribution in [0, 0.1) is 5.41 Å². The van der Waals surface area contributed by atoms with Gasteiger partial charge in [-0.15, -0.1) is 0 Å². The van der Waals surface area contributed by atoms with Crippen LogP contribution in [-0.2, 0) is 19.1 Å². The lowest BCUT2D eigenvalue weighted by Gasteiger charge is -2.32. The number of unbranched alkanes of at least 4 members (excludes halogenated alkanes) is 4. The highest BCUT2D eigenvalue weighted by Crippen LogP contribution is 2.31. The first kappa shape index (κ1) is 22.4. The maximum atomic E-state index is 11.7. The maximum absolute atomic E-state index is 11.7. The summed E-state index contributed by atoms with van der Waals surface area (Å²) in [6.45, 7) is 15.2. The summed E-state index contributed by atoms with van der Waals surface area (Å²) in [4.78, 5) is 23.4. The van der Waals surface area contributed by atoms with Gasteiger partial charge in [-0.2, -0.15) is 0 Å². The first-order valence-electron chi connectivity index (χ1n) is 8.93. The van der Waals surface area contributed by atoms with E-state index in [1.165, 1.54) is 19.3 Å². The average Bonchev–Trinajstić information content (AvgIpc) is 2.55. The van der Waals surface area contributed by atoms with Gasteiger partial charge in [-0.25, -0.2) is 9.59 Å². The van der Waals surface area contributed by atoms with Gasteiger partial charge >= 0.3 is 11.9 Å². The summed E-state index contributed by atoms with van der Waals surface area (Å²) in [5.74, 6) is -0.796. The van der Waals surface area contributed by atoms with E-state index in [-0.39, 0.29) is 18.6 Å². The predicted octanol–water partition coefficient (Wildman–Crippen LogP) is 4.98. The molecular formula is C20H34O4. The number of carbonyl (C=O) groups excluding carboxylic acids is 2. The number of ether oxygens (including phenoxy) is 2. The predicted molar refractivity (Wildman–Crippen MR) is 97.6 cm³/mol. The largest absolute Gasteiger partial charge is 0.462 e. The van der Waals surface area contributed by atoms with Crippen LogP contribution >= 0.6 is 0 Å². The van der Waals surface area contributed by atoms with Crippen molar-refractivity contribution in [2.45, 2.75) is 72.6 Å². The highest BCUT2D eigenvalue weighted by molar-refractivity contribution is 5.87. The smallest absolute Gasteiger partial charge is 0.333 e. The normalized spacial score (nSPS) is 11.0. The van der Waals surface area contributed by atoms with Crippen molar-refractivity contribution < 1.29 is 19.1 Å². The molecule has 0 amide bonds. The SMILES string of the molecule is C=C(C)C(=O)OCC(CC)(CCCCCCC)COC(=O)C(=C)C. The Kier molecular flexibility index (Phi) is 11.1. The van der Waals surface area contributed by atoms with Gasteiger partial charge in [0.05, 0.1) is 0 Å². The zero-order valence-corrected chi connectivity index (χ0v) is 15.9. The summed E-state index contributed by atoms with van der Waals surface area (Å²) in [5.41, 5.74) is 0.409. The third-order valence-electron chi connectivity index (χ3n) is 4.28. The zero-order valence-electron chi connectivity index (χ0n) is 15.9. The lowest BCUT2D eigenvalue weighted by molar-refractivity contribution is -0.150. The van der Waals surface area contributed by atoms with E-state index >= 15 is 0 Å². The molecule has 0 saturated heterocycles. The summed E-state index contributed by atoms with van der Waals surface area (Å²) in [5, 5.41) is 0. The van der Waals surface area contributed by atoms with Crippen molar-refractivity contribution in [3.63, 3.8) is 0 Å². The van der Waals surface area contributed by atoms with Crippen molar-refractivity contribution >= 4 is 11.9 Å². The van der Waals surface area contributed by atoms with E-state index in [0.717, 1.165) is 25.7 Å². The van der Waals surface area contributed by atoms with Crippen molar-refractivity contribution in [1.82, 2.24) is 0 Å². The minimum Gasteiger partial charge on any atom is -0.462 e. The van der Waals surface area contributed by atoms with Gasteiger partial charge in [0.1, 0.15) is 13.2 Å². The maximum Gasteiger partial charge on any atom is 0.333 e. The number of hydrogen-bond acceptors (Lipinski definition) is 4. The Balaban J connectivity index is 4.78. The lowest BCUT2D eigenvalue weighted by atomic mass is 9.81. The molecule has 0 unspecified atom stereocenters. The summed E-state index contributed by atoms with van der Waals surface area (Å²) >= 11 is 0. The third kappa shape index (κ3) is 8.90. The summed E-state index contributed by atoms with van der Waals surface area (Å²) in [6, 6.07) is 0. The fourth-order valence-corrected chi connectivity index (χ4v) is 2.35. The Labute approximate surface area is 147 Å². The molecule has 0 saturated carbocycles. The molecule has 4 heteroatoms. The first-order valence-corrected chi connectivity index (χ1v) is 8.93. The second-order valence-corrected chi connectivity index (χ2v) is 6.73. The van der Waals surface area contributed by atoms with Gasteiger partial charge < -0.3 is 9.47 Å². The molecule has 0 rings (SSSR count). The van der Waals surface area contributed by atoms with Gasteiger partial charge in [-0.05, 0) is 26.7 Å². The highest BCUT2D eigenvalue weighted by Gasteiger charge is 2.31. The molecule has 0 aromatic rings. The number of hydrogen-bond donors (Lipinski definition) is 0. The summed E-state index contributed by atoms with van der Waals surface area (Å²) in [6.07, 6.45) is 7.43. The van der Waals surface area contributed by atoms with Crippen LogP contribution in [0.1, 0.15) is 72.6 Å². The lowest BCUT2D eigenvalue weighted by Crippen LogP contribution is -2.34. The fraction of sp³-hybridized carbons (Fsp3) is 0.700. The average molecular weight is 338 g/mol. The topological polar surface area (TPSA) is 52.6 Å². The molecule has 0 aliphatic rings. The molecule has 0 N–H and O–H groups in total. The Morgan fingerprint density at radius 1 is 0.833 bits per heavy atom. The van der Waals surface area contributed by atoms with Crippen LogP contribution in [-0.4, -0.2) is 25.2 Å². The Morgan fingerprint density at radius 2 is 1.29 bits per heavy atom. The molecule has 0 spiro atoms. The number of rotatable bonds is 13. The minimum absolute atomic E-state index is 0.243. The molecule has 138 valence electrons. The van der Waals surface area contributed by atoms with Crippen LogP contribution in [0.5, 0.6) is 0 Å². The van der Waals surface area contributed by atoms with Gasteiger partial charge in [0, 0.05) is 16.6 Å². The van der Waals surface area contributed by atoms with Crippen LogP contribution in [0.3, 0.4) is 0 Å².